The molecule has 26 heavy (non-hydrogen) atoms. The minimum atomic E-state index is 0.0918. The molecule has 2 heterocycles. The molecule has 3 nitrogen and oxygen atoms in total. The van der Waals surface area contributed by atoms with Gasteiger partial charge in [0.1, 0.15) is 0 Å². The van der Waals surface area contributed by atoms with Gasteiger partial charge < -0.3 is 9.47 Å². The number of fused-ring (bicyclic) bond motifs is 1. The van der Waals surface area contributed by atoms with Gasteiger partial charge in [0.2, 0.25) is 5.91 Å². The lowest BCUT2D eigenvalue weighted by atomic mass is 9.87. The Kier molecular flexibility index (Phi) is 4.54. The van der Waals surface area contributed by atoms with E-state index in [0.29, 0.717) is 6.42 Å². The van der Waals surface area contributed by atoms with Crippen molar-refractivity contribution in [3.05, 3.63) is 71.4 Å². The Balaban J connectivity index is 1.78. The van der Waals surface area contributed by atoms with E-state index >= 15 is 0 Å². The Morgan fingerprint density at radius 1 is 1.08 bits per heavy atom. The third-order valence-electron chi connectivity index (χ3n) is 5.59. The zero-order valence-corrected chi connectivity index (χ0v) is 15.6. The quantitative estimate of drug-likeness (QED) is 0.676. The molecule has 1 aromatic heterocycles. The highest BCUT2D eigenvalue weighted by Crippen LogP contribution is 2.35. The number of nitrogens with zero attached hydrogens (tertiary/aromatic N) is 2. The lowest BCUT2D eigenvalue weighted by Gasteiger charge is -2.22. The minimum Gasteiger partial charge on any atom is -0.350 e. The summed E-state index contributed by atoms with van der Waals surface area (Å²) in [6, 6.07) is 17.1. The molecule has 134 valence electrons. The Morgan fingerprint density at radius 3 is 2.62 bits per heavy atom. The molecule has 1 aliphatic rings. The Bertz CT molecular complexity index is 934. The molecular formula is C23H26N2O. The second-order valence-corrected chi connectivity index (χ2v) is 7.47. The highest BCUT2D eigenvalue weighted by Gasteiger charge is 2.26. The molecule has 1 atom stereocenters. The number of carbonyl (C=O) groups excluding carboxylic acids is 1. The molecule has 1 aliphatic heterocycles. The number of aryl methyl sites for hydroxylation is 2. The van der Waals surface area contributed by atoms with Crippen LogP contribution in [-0.4, -0.2) is 28.5 Å². The second-order valence-electron chi connectivity index (χ2n) is 7.47. The summed E-state index contributed by atoms with van der Waals surface area (Å²) in [5.74, 6) is 0.371. The number of likely N-dealkylation sites (tertiary alicyclic amines) is 1. The first kappa shape index (κ1) is 16.9. The van der Waals surface area contributed by atoms with Gasteiger partial charge in [-0.25, -0.2) is 0 Å². The van der Waals surface area contributed by atoms with Crippen molar-refractivity contribution in [2.45, 2.75) is 32.1 Å². The van der Waals surface area contributed by atoms with E-state index < -0.39 is 0 Å². The molecule has 0 bridgehead atoms. The van der Waals surface area contributed by atoms with Gasteiger partial charge in [-0.15, -0.1) is 0 Å². The number of benzene rings is 2. The summed E-state index contributed by atoms with van der Waals surface area (Å²) in [6.45, 7) is 3.94. The van der Waals surface area contributed by atoms with Gasteiger partial charge in [-0.2, -0.15) is 0 Å². The number of hydrogen-bond donors (Lipinski definition) is 0. The van der Waals surface area contributed by atoms with Crippen molar-refractivity contribution < 1.29 is 4.79 Å². The number of carbonyl (C=O) groups is 1. The zero-order chi connectivity index (χ0) is 18.1. The van der Waals surface area contributed by atoms with E-state index in [-0.39, 0.29) is 11.8 Å². The highest BCUT2D eigenvalue weighted by atomic mass is 16.2. The van der Waals surface area contributed by atoms with Crippen LogP contribution in [0.3, 0.4) is 0 Å². The standard InChI is InChI=1S/C23H26N2O/c1-17-8-7-9-18(14-17)20(15-23(26)25-12-5-6-13-25)21-16-24(2)22-11-4-3-10-19(21)22/h3-4,7-11,14,16,20H,5-6,12-13,15H2,1-2H3. The predicted octanol–water partition coefficient (Wildman–Crippen LogP) is 4.63. The van der Waals surface area contributed by atoms with E-state index in [1.165, 1.54) is 27.6 Å². The first-order valence-electron chi connectivity index (χ1n) is 9.52. The van der Waals surface area contributed by atoms with Crippen LogP contribution in [0, 0.1) is 6.92 Å². The molecule has 0 N–H and O–H groups in total. The maximum Gasteiger partial charge on any atom is 0.223 e. The lowest BCUT2D eigenvalue weighted by molar-refractivity contribution is -0.130. The van der Waals surface area contributed by atoms with Crippen LogP contribution in [0.15, 0.2) is 54.7 Å². The van der Waals surface area contributed by atoms with Crippen LogP contribution >= 0.6 is 0 Å². The summed E-state index contributed by atoms with van der Waals surface area (Å²) in [6.07, 6.45) is 5.01. The van der Waals surface area contributed by atoms with Gasteiger partial charge in [0.15, 0.2) is 0 Å². The molecule has 2 aromatic carbocycles. The summed E-state index contributed by atoms with van der Waals surface area (Å²) < 4.78 is 2.17. The van der Waals surface area contributed by atoms with Crippen molar-refractivity contribution in [1.82, 2.24) is 9.47 Å². The topological polar surface area (TPSA) is 25.2 Å². The van der Waals surface area contributed by atoms with Crippen LogP contribution in [0.2, 0.25) is 0 Å². The molecule has 0 spiro atoms. The van der Waals surface area contributed by atoms with Crippen LogP contribution in [0.25, 0.3) is 10.9 Å². The summed E-state index contributed by atoms with van der Waals surface area (Å²) in [5, 5.41) is 1.25. The number of hydrogen-bond acceptors (Lipinski definition) is 1. The van der Waals surface area contributed by atoms with Gasteiger partial charge in [0.05, 0.1) is 0 Å². The smallest absolute Gasteiger partial charge is 0.223 e. The highest BCUT2D eigenvalue weighted by molar-refractivity contribution is 5.86. The van der Waals surface area contributed by atoms with Gasteiger partial charge in [-0.3, -0.25) is 4.79 Å². The number of para-hydroxylation sites is 1. The minimum absolute atomic E-state index is 0.0918. The molecule has 3 aromatic rings. The Morgan fingerprint density at radius 2 is 1.85 bits per heavy atom. The van der Waals surface area contributed by atoms with Gasteiger partial charge in [0.25, 0.3) is 0 Å². The van der Waals surface area contributed by atoms with Crippen molar-refractivity contribution in [3.63, 3.8) is 0 Å². The number of amides is 1. The fourth-order valence-electron chi connectivity index (χ4n) is 4.22. The maximum absolute atomic E-state index is 12.9. The molecular weight excluding hydrogens is 320 g/mol. The molecule has 0 saturated carbocycles. The maximum atomic E-state index is 12.9. The molecule has 3 heteroatoms. The van der Waals surface area contributed by atoms with E-state index in [4.69, 9.17) is 0 Å². The number of rotatable bonds is 4. The number of aromatic nitrogens is 1. The fraction of sp³-hybridized carbons (Fsp3) is 0.348. The first-order chi connectivity index (χ1) is 12.6. The summed E-state index contributed by atoms with van der Waals surface area (Å²) in [7, 11) is 2.08. The van der Waals surface area contributed by atoms with Crippen molar-refractivity contribution in [1.29, 1.82) is 0 Å². The van der Waals surface area contributed by atoms with E-state index in [1.807, 2.05) is 4.90 Å². The third-order valence-corrected chi connectivity index (χ3v) is 5.59. The van der Waals surface area contributed by atoms with E-state index in [9.17, 15) is 4.79 Å². The van der Waals surface area contributed by atoms with Crippen LogP contribution in [0.4, 0.5) is 0 Å². The second kappa shape index (κ2) is 6.99. The van der Waals surface area contributed by atoms with Crippen LogP contribution in [0.1, 0.15) is 41.9 Å². The van der Waals surface area contributed by atoms with Gasteiger partial charge in [-0.1, -0.05) is 48.0 Å². The van der Waals surface area contributed by atoms with Crippen LogP contribution in [0.5, 0.6) is 0 Å². The first-order valence-corrected chi connectivity index (χ1v) is 9.52. The van der Waals surface area contributed by atoms with Gasteiger partial charge in [0, 0.05) is 49.6 Å². The molecule has 1 saturated heterocycles. The molecule has 0 aliphatic carbocycles. The van der Waals surface area contributed by atoms with Crippen molar-refractivity contribution in [2.75, 3.05) is 13.1 Å². The average molecular weight is 346 g/mol. The fourth-order valence-corrected chi connectivity index (χ4v) is 4.22. The van der Waals surface area contributed by atoms with E-state index in [2.05, 4.69) is 73.3 Å². The van der Waals surface area contributed by atoms with Crippen molar-refractivity contribution in [2.24, 2.45) is 7.05 Å². The van der Waals surface area contributed by atoms with E-state index in [1.54, 1.807) is 0 Å². The summed E-state index contributed by atoms with van der Waals surface area (Å²) in [4.78, 5) is 15.0. The Labute approximate surface area is 155 Å². The predicted molar refractivity (Wildman–Crippen MR) is 106 cm³/mol. The molecule has 4 rings (SSSR count). The van der Waals surface area contributed by atoms with Crippen LogP contribution in [-0.2, 0) is 11.8 Å². The molecule has 1 fully saturated rings. The SMILES string of the molecule is Cc1cccc(C(CC(=O)N2CCCC2)c2cn(C)c3ccccc23)c1. The summed E-state index contributed by atoms with van der Waals surface area (Å²) in [5.41, 5.74) is 4.94. The average Bonchev–Trinajstić information content (AvgIpc) is 3.29. The lowest BCUT2D eigenvalue weighted by Crippen LogP contribution is -2.29. The molecule has 1 amide bonds. The largest absolute Gasteiger partial charge is 0.350 e. The van der Waals surface area contributed by atoms with Crippen LogP contribution < -0.4 is 0 Å². The Hall–Kier alpha value is -2.55. The van der Waals surface area contributed by atoms with E-state index in [0.717, 1.165) is 25.9 Å². The molecule has 0 radical (unpaired) electrons. The normalized spacial score (nSPS) is 15.5. The monoisotopic (exact) mass is 346 g/mol. The zero-order valence-electron chi connectivity index (χ0n) is 15.6. The molecule has 1 unspecified atom stereocenters. The summed E-state index contributed by atoms with van der Waals surface area (Å²) >= 11 is 0. The van der Waals surface area contributed by atoms with Crippen molar-refractivity contribution >= 4 is 16.8 Å². The third kappa shape index (κ3) is 3.14. The van der Waals surface area contributed by atoms with Gasteiger partial charge >= 0.3 is 0 Å². The van der Waals surface area contributed by atoms with Gasteiger partial charge in [-0.05, 0) is 37.0 Å². The van der Waals surface area contributed by atoms with Crippen molar-refractivity contribution in [3.8, 4) is 0 Å².